The van der Waals surface area contributed by atoms with Gasteiger partial charge in [-0.05, 0) is 37.8 Å². The predicted octanol–water partition coefficient (Wildman–Crippen LogP) is 2.88. The summed E-state index contributed by atoms with van der Waals surface area (Å²) in [5.41, 5.74) is 2.62. The van der Waals surface area contributed by atoms with E-state index in [1.54, 1.807) is 0 Å². The van der Waals surface area contributed by atoms with Gasteiger partial charge >= 0.3 is 0 Å². The molecule has 1 saturated heterocycles. The van der Waals surface area contributed by atoms with Crippen molar-refractivity contribution in [1.82, 2.24) is 10.2 Å². The molecule has 1 aromatic carbocycles. The molecule has 0 unspecified atom stereocenters. The first-order valence-corrected chi connectivity index (χ1v) is 8.69. The minimum absolute atomic E-state index is 0.723. The Hall–Kier alpha value is -0.770. The zero-order chi connectivity index (χ0) is 14.2. The fraction of sp³-hybridized carbons (Fsp3) is 0.647. The van der Waals surface area contributed by atoms with Gasteiger partial charge in [-0.15, -0.1) is 0 Å². The fourth-order valence-corrected chi connectivity index (χ4v) is 3.56. The van der Waals surface area contributed by atoms with E-state index < -0.39 is 0 Å². The lowest BCUT2D eigenvalue weighted by Gasteiger charge is -2.37. The first-order valence-electron chi connectivity index (χ1n) is 8.31. The van der Waals surface area contributed by atoms with E-state index in [4.69, 9.17) is 11.6 Å². The Kier molecular flexibility index (Phi) is 3.82. The van der Waals surface area contributed by atoms with E-state index >= 15 is 0 Å². The van der Waals surface area contributed by atoms with E-state index in [2.05, 4.69) is 27.2 Å². The van der Waals surface area contributed by atoms with Crippen LogP contribution < -0.4 is 10.2 Å². The largest absolute Gasteiger partial charge is 0.369 e. The molecule has 3 nitrogen and oxygen atoms in total. The molecular weight excluding hydrogens is 282 g/mol. The quantitative estimate of drug-likeness (QED) is 0.902. The van der Waals surface area contributed by atoms with Gasteiger partial charge in [-0.25, -0.2) is 0 Å². The number of rotatable bonds is 5. The Morgan fingerprint density at radius 3 is 2.48 bits per heavy atom. The molecule has 0 bridgehead atoms. The number of piperazine rings is 1. The molecule has 1 aromatic rings. The van der Waals surface area contributed by atoms with Crippen LogP contribution in [0.2, 0.25) is 5.02 Å². The molecule has 4 heteroatoms. The van der Waals surface area contributed by atoms with Gasteiger partial charge in [-0.1, -0.05) is 17.7 Å². The molecule has 1 N–H and O–H groups in total. The maximum Gasteiger partial charge on any atom is 0.0471 e. The van der Waals surface area contributed by atoms with Gasteiger partial charge in [0.1, 0.15) is 0 Å². The molecule has 114 valence electrons. The van der Waals surface area contributed by atoms with Crippen molar-refractivity contribution in [2.75, 3.05) is 31.1 Å². The standard InChI is InChI=1S/C17H24ClN3/c18-16-2-1-3-17(15(16)12-19-13-4-5-13)21-10-8-20(9-11-21)14-6-7-14/h1-3,13-14,19H,4-12H2. The Morgan fingerprint density at radius 1 is 1.05 bits per heavy atom. The van der Waals surface area contributed by atoms with Crippen LogP contribution in [0.3, 0.4) is 0 Å². The second kappa shape index (κ2) is 5.79. The Morgan fingerprint density at radius 2 is 1.81 bits per heavy atom. The summed E-state index contributed by atoms with van der Waals surface area (Å²) in [5.74, 6) is 0. The number of hydrogen-bond donors (Lipinski definition) is 1. The van der Waals surface area contributed by atoms with Crippen molar-refractivity contribution < 1.29 is 0 Å². The highest BCUT2D eigenvalue weighted by Crippen LogP contribution is 2.32. The smallest absolute Gasteiger partial charge is 0.0471 e. The highest BCUT2D eigenvalue weighted by Gasteiger charge is 2.31. The van der Waals surface area contributed by atoms with Crippen LogP contribution in [0.5, 0.6) is 0 Å². The number of benzene rings is 1. The molecule has 2 saturated carbocycles. The van der Waals surface area contributed by atoms with Gasteiger partial charge < -0.3 is 10.2 Å². The number of anilines is 1. The number of halogens is 1. The summed E-state index contributed by atoms with van der Waals surface area (Å²) >= 11 is 6.46. The average molecular weight is 306 g/mol. The summed E-state index contributed by atoms with van der Waals surface area (Å²) in [4.78, 5) is 5.18. The monoisotopic (exact) mass is 305 g/mol. The third-order valence-corrected chi connectivity index (χ3v) is 5.31. The van der Waals surface area contributed by atoms with Gasteiger partial charge in [-0.2, -0.15) is 0 Å². The van der Waals surface area contributed by atoms with Crippen LogP contribution in [0, 0.1) is 0 Å². The highest BCUT2D eigenvalue weighted by atomic mass is 35.5. The minimum atomic E-state index is 0.723. The summed E-state index contributed by atoms with van der Waals surface area (Å²) in [6.07, 6.45) is 5.46. The molecule has 3 fully saturated rings. The van der Waals surface area contributed by atoms with Crippen LogP contribution >= 0.6 is 11.6 Å². The van der Waals surface area contributed by atoms with Crippen LogP contribution in [-0.4, -0.2) is 43.2 Å². The Labute approximate surface area is 132 Å². The summed E-state index contributed by atoms with van der Waals surface area (Å²) in [6.45, 7) is 5.57. The van der Waals surface area contributed by atoms with Crippen molar-refractivity contribution in [2.45, 2.75) is 44.3 Å². The van der Waals surface area contributed by atoms with Gasteiger partial charge in [0.15, 0.2) is 0 Å². The van der Waals surface area contributed by atoms with Gasteiger partial charge in [0.2, 0.25) is 0 Å². The van der Waals surface area contributed by atoms with Crippen LogP contribution in [0.15, 0.2) is 18.2 Å². The van der Waals surface area contributed by atoms with Crippen LogP contribution in [0.4, 0.5) is 5.69 Å². The highest BCUT2D eigenvalue weighted by molar-refractivity contribution is 6.31. The summed E-state index contributed by atoms with van der Waals surface area (Å²) < 4.78 is 0. The van der Waals surface area contributed by atoms with E-state index in [1.165, 1.54) is 50.0 Å². The van der Waals surface area contributed by atoms with Gasteiger partial charge in [0.25, 0.3) is 0 Å². The first kappa shape index (κ1) is 13.9. The van der Waals surface area contributed by atoms with E-state index in [9.17, 15) is 0 Å². The maximum absolute atomic E-state index is 6.46. The zero-order valence-corrected chi connectivity index (χ0v) is 13.3. The lowest BCUT2D eigenvalue weighted by Crippen LogP contribution is -2.47. The molecule has 0 spiro atoms. The van der Waals surface area contributed by atoms with Gasteiger partial charge in [0, 0.05) is 61.1 Å². The molecule has 1 aliphatic heterocycles. The van der Waals surface area contributed by atoms with Crippen LogP contribution in [0.25, 0.3) is 0 Å². The molecule has 21 heavy (non-hydrogen) atoms. The molecule has 4 rings (SSSR count). The SMILES string of the molecule is Clc1cccc(N2CCN(C3CC3)CC2)c1CNC1CC1. The second-order valence-corrected chi connectivity index (χ2v) is 7.05. The molecule has 0 atom stereocenters. The number of nitrogens with one attached hydrogen (secondary N) is 1. The normalized spacial score (nSPS) is 23.6. The maximum atomic E-state index is 6.46. The predicted molar refractivity (Wildman–Crippen MR) is 88.1 cm³/mol. The van der Waals surface area contributed by atoms with Crippen LogP contribution in [0.1, 0.15) is 31.2 Å². The van der Waals surface area contributed by atoms with Crippen LogP contribution in [-0.2, 0) is 6.54 Å². The van der Waals surface area contributed by atoms with Gasteiger partial charge in [0.05, 0.1) is 0 Å². The summed E-state index contributed by atoms with van der Waals surface area (Å²) in [5, 5.41) is 4.52. The van der Waals surface area contributed by atoms with Crippen molar-refractivity contribution in [3.8, 4) is 0 Å². The minimum Gasteiger partial charge on any atom is -0.369 e. The Balaban J connectivity index is 1.46. The molecule has 2 aliphatic carbocycles. The topological polar surface area (TPSA) is 18.5 Å². The number of nitrogens with zero attached hydrogens (tertiary/aromatic N) is 2. The molecule has 0 radical (unpaired) electrons. The summed E-state index contributed by atoms with van der Waals surface area (Å²) in [6, 6.07) is 7.96. The second-order valence-electron chi connectivity index (χ2n) is 6.65. The number of hydrogen-bond acceptors (Lipinski definition) is 3. The molecule has 0 aromatic heterocycles. The van der Waals surface area contributed by atoms with Crippen molar-refractivity contribution in [1.29, 1.82) is 0 Å². The van der Waals surface area contributed by atoms with Crippen molar-refractivity contribution in [2.24, 2.45) is 0 Å². The van der Waals surface area contributed by atoms with Crippen molar-refractivity contribution in [3.63, 3.8) is 0 Å². The molecule has 3 aliphatic rings. The van der Waals surface area contributed by atoms with Crippen molar-refractivity contribution in [3.05, 3.63) is 28.8 Å². The lowest BCUT2D eigenvalue weighted by molar-refractivity contribution is 0.248. The van der Waals surface area contributed by atoms with E-state index in [-0.39, 0.29) is 0 Å². The lowest BCUT2D eigenvalue weighted by atomic mass is 10.1. The summed E-state index contributed by atoms with van der Waals surface area (Å²) in [7, 11) is 0. The van der Waals surface area contributed by atoms with E-state index in [0.29, 0.717) is 0 Å². The Bertz CT molecular complexity index is 503. The molecule has 0 amide bonds. The average Bonchev–Trinajstić information content (AvgIpc) is 3.39. The fourth-order valence-electron chi connectivity index (χ4n) is 3.32. The molecular formula is C17H24ClN3. The third-order valence-electron chi connectivity index (χ3n) is 4.96. The van der Waals surface area contributed by atoms with E-state index in [0.717, 1.165) is 36.7 Å². The zero-order valence-electron chi connectivity index (χ0n) is 12.5. The molecule has 1 heterocycles. The third kappa shape index (κ3) is 3.20. The van der Waals surface area contributed by atoms with Gasteiger partial charge in [-0.3, -0.25) is 4.90 Å². The van der Waals surface area contributed by atoms with E-state index in [1.807, 2.05) is 6.07 Å². The van der Waals surface area contributed by atoms with Crippen molar-refractivity contribution >= 4 is 17.3 Å². The first-order chi connectivity index (χ1) is 10.3.